The van der Waals surface area contributed by atoms with Gasteiger partial charge in [-0.3, -0.25) is 9.69 Å². The molecule has 0 atom stereocenters. The third kappa shape index (κ3) is 9.76. The highest BCUT2D eigenvalue weighted by Crippen LogP contribution is 2.41. The second-order valence-corrected chi connectivity index (χ2v) is 12.1. The molecule has 9 heteroatoms. The summed E-state index contributed by atoms with van der Waals surface area (Å²) < 4.78 is 38.1. The average molecular weight is 645 g/mol. The van der Waals surface area contributed by atoms with Crippen LogP contribution in [0, 0.1) is 5.82 Å². The van der Waals surface area contributed by atoms with E-state index in [4.69, 9.17) is 16.3 Å². The highest BCUT2D eigenvalue weighted by molar-refractivity contribution is 6.41. The Morgan fingerprint density at radius 3 is 2.36 bits per heavy atom. The van der Waals surface area contributed by atoms with Crippen LogP contribution in [0.5, 0.6) is 0 Å². The molecule has 1 aliphatic heterocycles. The fourth-order valence-electron chi connectivity index (χ4n) is 5.92. The quantitative estimate of drug-likeness (QED) is 0.134. The number of piperazine rings is 1. The van der Waals surface area contributed by atoms with Crippen LogP contribution in [-0.4, -0.2) is 78.7 Å². The molecule has 0 spiro atoms. The first kappa shape index (κ1) is 36.5. The first-order chi connectivity index (χ1) is 21.7. The molecule has 248 valence electrons. The molecular formula is C36H51ClF2N4O2. The van der Waals surface area contributed by atoms with Crippen molar-refractivity contribution < 1.29 is 18.3 Å². The number of allylic oxidation sites excluding steroid dienone is 6. The van der Waals surface area contributed by atoms with Gasteiger partial charge >= 0.3 is 0 Å². The fraction of sp³-hybridized carbons (Fsp3) is 0.556. The van der Waals surface area contributed by atoms with Gasteiger partial charge in [0.2, 0.25) is 11.8 Å². The van der Waals surface area contributed by atoms with Crippen LogP contribution >= 0.6 is 11.6 Å². The molecule has 0 N–H and O–H groups in total. The second-order valence-electron chi connectivity index (χ2n) is 11.7. The van der Waals surface area contributed by atoms with Crippen molar-refractivity contribution in [1.82, 2.24) is 14.7 Å². The maximum Gasteiger partial charge on any atom is 0.222 e. The maximum atomic E-state index is 16.8. The van der Waals surface area contributed by atoms with E-state index in [-0.39, 0.29) is 33.7 Å². The summed E-state index contributed by atoms with van der Waals surface area (Å²) in [6.45, 7) is 19.5. The van der Waals surface area contributed by atoms with E-state index in [9.17, 15) is 4.79 Å². The first-order valence-corrected chi connectivity index (χ1v) is 17.0. The molecule has 0 bridgehead atoms. The van der Waals surface area contributed by atoms with E-state index in [2.05, 4.69) is 35.2 Å². The lowest BCUT2D eigenvalue weighted by Crippen LogP contribution is -2.48. The molecule has 0 aromatic heterocycles. The normalized spacial score (nSPS) is 17.7. The Balaban J connectivity index is 1.98. The molecule has 1 saturated heterocycles. The summed E-state index contributed by atoms with van der Waals surface area (Å²) in [5.41, 5.74) is 2.10. The van der Waals surface area contributed by atoms with Crippen LogP contribution < -0.4 is 0 Å². The number of ether oxygens (including phenoxy) is 1. The molecule has 0 unspecified atom stereocenters. The number of amides is 1. The summed E-state index contributed by atoms with van der Waals surface area (Å²) in [7, 11) is 0. The van der Waals surface area contributed by atoms with Crippen LogP contribution in [0.25, 0.3) is 5.57 Å². The smallest absolute Gasteiger partial charge is 0.222 e. The number of hydrogen-bond donors (Lipinski definition) is 0. The second kappa shape index (κ2) is 18.2. The number of aliphatic imine (C=N–C) groups is 1. The number of halogens is 3. The molecule has 1 aromatic carbocycles. The zero-order valence-corrected chi connectivity index (χ0v) is 28.6. The lowest BCUT2D eigenvalue weighted by atomic mass is 9.88. The molecule has 6 nitrogen and oxygen atoms in total. The number of unbranched alkanes of at least 4 members (excludes halogenated alkanes) is 2. The summed E-state index contributed by atoms with van der Waals surface area (Å²) in [4.78, 5) is 23.1. The number of carbonyl (C=O) groups is 1. The average Bonchev–Trinajstić information content (AvgIpc) is 3.03. The molecule has 1 amide bonds. The highest BCUT2D eigenvalue weighted by atomic mass is 35.5. The van der Waals surface area contributed by atoms with Gasteiger partial charge in [0.25, 0.3) is 0 Å². The van der Waals surface area contributed by atoms with Crippen LogP contribution in [0.2, 0.25) is 0 Å². The molecule has 0 saturated carbocycles. The number of aryl methyl sites for hydroxylation is 1. The van der Waals surface area contributed by atoms with Gasteiger partial charge in [-0.25, -0.2) is 13.8 Å². The minimum Gasteiger partial charge on any atom is -0.477 e. The van der Waals surface area contributed by atoms with Gasteiger partial charge in [0.15, 0.2) is 5.83 Å². The van der Waals surface area contributed by atoms with Crippen molar-refractivity contribution in [1.29, 1.82) is 0 Å². The Morgan fingerprint density at radius 1 is 1.00 bits per heavy atom. The molecule has 2 aliphatic rings. The predicted octanol–water partition coefficient (Wildman–Crippen LogP) is 8.25. The van der Waals surface area contributed by atoms with E-state index in [0.717, 1.165) is 44.6 Å². The number of nitrogens with zero attached hydrogens (tertiary/aromatic N) is 4. The monoisotopic (exact) mass is 644 g/mol. The summed E-state index contributed by atoms with van der Waals surface area (Å²) in [6, 6.07) is 4.77. The number of benzene rings is 1. The first-order valence-electron chi connectivity index (χ1n) is 16.6. The molecular weight excluding hydrogens is 594 g/mol. The molecule has 1 fully saturated rings. The number of rotatable bonds is 16. The minimum atomic E-state index is -0.712. The summed E-state index contributed by atoms with van der Waals surface area (Å²) in [5, 5.41) is 0.108. The van der Waals surface area contributed by atoms with Crippen LogP contribution in [0.1, 0.15) is 84.3 Å². The lowest BCUT2D eigenvalue weighted by Gasteiger charge is -2.37. The highest BCUT2D eigenvalue weighted by Gasteiger charge is 2.31. The van der Waals surface area contributed by atoms with Gasteiger partial charge in [0.1, 0.15) is 18.1 Å². The largest absolute Gasteiger partial charge is 0.477 e. The van der Waals surface area contributed by atoms with E-state index in [1.807, 2.05) is 31.7 Å². The minimum absolute atomic E-state index is 0.00952. The van der Waals surface area contributed by atoms with Crippen molar-refractivity contribution in [2.75, 3.05) is 52.4 Å². The zero-order chi connectivity index (χ0) is 32.9. The molecule has 0 radical (unpaired) electrons. The van der Waals surface area contributed by atoms with Crippen LogP contribution in [0.15, 0.2) is 63.9 Å². The zero-order valence-electron chi connectivity index (χ0n) is 27.9. The summed E-state index contributed by atoms with van der Waals surface area (Å²) >= 11 is 6.80. The van der Waals surface area contributed by atoms with E-state index < -0.39 is 11.6 Å². The predicted molar refractivity (Wildman–Crippen MR) is 182 cm³/mol. The Hall–Kier alpha value is -2.97. The number of hydrogen-bond acceptors (Lipinski definition) is 5. The Bertz CT molecular complexity index is 1310. The number of carbonyl (C=O) groups excluding carboxylic acids is 1. The van der Waals surface area contributed by atoms with Gasteiger partial charge in [-0.15, -0.1) is 0 Å². The van der Waals surface area contributed by atoms with Gasteiger partial charge in [-0.05, 0) is 63.6 Å². The topological polar surface area (TPSA) is 48.4 Å². The van der Waals surface area contributed by atoms with Crippen molar-refractivity contribution >= 4 is 28.8 Å². The van der Waals surface area contributed by atoms with E-state index in [0.29, 0.717) is 56.8 Å². The summed E-state index contributed by atoms with van der Waals surface area (Å²) in [5.74, 6) is -1.05. The van der Waals surface area contributed by atoms with Crippen molar-refractivity contribution in [2.45, 2.75) is 79.6 Å². The SMILES string of the molecule is C=C(/N=C1/C(F)=C(c2c(F)cccc2CCC)C(Cl)=C/C1=C(/C)N1CCN(C(=O)CC)CC1)OCCN(CCC)CCCCC. The van der Waals surface area contributed by atoms with Gasteiger partial charge in [0.05, 0.1) is 5.03 Å². The third-order valence-corrected chi connectivity index (χ3v) is 8.69. The molecule has 45 heavy (non-hydrogen) atoms. The fourth-order valence-corrected chi connectivity index (χ4v) is 6.21. The maximum absolute atomic E-state index is 16.8. The third-order valence-electron chi connectivity index (χ3n) is 8.39. The Labute approximate surface area is 274 Å². The van der Waals surface area contributed by atoms with E-state index in [1.165, 1.54) is 18.9 Å². The molecule has 3 rings (SSSR count). The van der Waals surface area contributed by atoms with E-state index in [1.54, 1.807) is 12.1 Å². The molecule has 1 aliphatic carbocycles. The van der Waals surface area contributed by atoms with Crippen molar-refractivity contribution in [3.63, 3.8) is 0 Å². The van der Waals surface area contributed by atoms with E-state index >= 15 is 8.78 Å². The van der Waals surface area contributed by atoms with Crippen molar-refractivity contribution in [3.05, 3.63) is 75.8 Å². The lowest BCUT2D eigenvalue weighted by molar-refractivity contribution is -0.132. The standard InChI is InChI=1S/C36H51ClF2N4O2/c1-7-11-12-18-41(17-9-3)23-24-45-27(6)40-36-29(26(5)42-19-21-43(22-20-42)32(44)10-4)25-30(37)34(35(36)39)33-28(14-8-2)15-13-16-31(33)38/h13,15-16,25H,6-12,14,17-24H2,1-5H3/b29-26+,40-36+. The van der Waals surface area contributed by atoms with Crippen LogP contribution in [0.4, 0.5) is 8.78 Å². The van der Waals surface area contributed by atoms with Gasteiger partial charge in [0, 0.05) is 61.6 Å². The van der Waals surface area contributed by atoms with Crippen LogP contribution in [-0.2, 0) is 16.0 Å². The Kier molecular flexibility index (Phi) is 14.8. The van der Waals surface area contributed by atoms with Gasteiger partial charge in [-0.1, -0.05) is 70.7 Å². The molecule has 1 aromatic rings. The van der Waals surface area contributed by atoms with Gasteiger partial charge in [-0.2, -0.15) is 0 Å². The van der Waals surface area contributed by atoms with Crippen molar-refractivity contribution in [3.8, 4) is 0 Å². The molecule has 1 heterocycles. The van der Waals surface area contributed by atoms with Crippen molar-refractivity contribution in [2.24, 2.45) is 4.99 Å². The van der Waals surface area contributed by atoms with Crippen LogP contribution in [0.3, 0.4) is 0 Å². The van der Waals surface area contributed by atoms with Gasteiger partial charge < -0.3 is 14.5 Å². The Morgan fingerprint density at radius 2 is 1.71 bits per heavy atom. The summed E-state index contributed by atoms with van der Waals surface area (Å²) in [6.07, 6.45) is 8.01.